The van der Waals surface area contributed by atoms with Gasteiger partial charge in [0.25, 0.3) is 0 Å². The van der Waals surface area contributed by atoms with Gasteiger partial charge in [-0.1, -0.05) is 0 Å². The molecular weight excluding hydrogens is 284 g/mol. The van der Waals surface area contributed by atoms with Crippen molar-refractivity contribution < 1.29 is 9.53 Å². The summed E-state index contributed by atoms with van der Waals surface area (Å²) in [5.74, 6) is 1.33. The van der Waals surface area contributed by atoms with Crippen molar-refractivity contribution in [3.05, 3.63) is 40.6 Å². The first-order valence-corrected chi connectivity index (χ1v) is 5.97. The summed E-state index contributed by atoms with van der Waals surface area (Å²) in [6.07, 6.45) is 4.27. The number of nitrogens with zero attached hydrogens (tertiary/aromatic N) is 2. The molecule has 0 amide bonds. The van der Waals surface area contributed by atoms with Crippen molar-refractivity contribution in [3.8, 4) is 11.5 Å². The van der Waals surface area contributed by atoms with Gasteiger partial charge in [-0.05, 0) is 41.1 Å². The van der Waals surface area contributed by atoms with E-state index in [1.54, 1.807) is 29.1 Å². The molecule has 1 heterocycles. The Kier molecular flexibility index (Phi) is 3.58. The highest BCUT2D eigenvalue weighted by Crippen LogP contribution is 2.29. The normalized spacial score (nSPS) is 10.2. The Labute approximate surface area is 107 Å². The van der Waals surface area contributed by atoms with Crippen LogP contribution < -0.4 is 4.74 Å². The third kappa shape index (κ3) is 2.74. The smallest absolute Gasteiger partial charge is 0.165 e. The molecule has 4 nitrogen and oxygen atoms in total. The monoisotopic (exact) mass is 294 g/mol. The van der Waals surface area contributed by atoms with E-state index in [-0.39, 0.29) is 0 Å². The predicted molar refractivity (Wildman–Crippen MR) is 67.5 cm³/mol. The van der Waals surface area contributed by atoms with Crippen LogP contribution in [0.4, 0.5) is 0 Å². The zero-order valence-electron chi connectivity index (χ0n) is 9.26. The van der Waals surface area contributed by atoms with Gasteiger partial charge >= 0.3 is 0 Å². The first-order chi connectivity index (χ1) is 8.22. The van der Waals surface area contributed by atoms with E-state index < -0.39 is 0 Å². The van der Waals surface area contributed by atoms with Crippen LogP contribution >= 0.6 is 15.9 Å². The van der Waals surface area contributed by atoms with Crippen LogP contribution in [0.3, 0.4) is 0 Å². The summed E-state index contributed by atoms with van der Waals surface area (Å²) in [5.41, 5.74) is 0.605. The zero-order chi connectivity index (χ0) is 12.3. The second-order valence-electron chi connectivity index (χ2n) is 3.44. The molecular formula is C12H11BrN2O2. The summed E-state index contributed by atoms with van der Waals surface area (Å²) in [6, 6.07) is 5.17. The number of rotatable bonds is 4. The van der Waals surface area contributed by atoms with Gasteiger partial charge in [0.2, 0.25) is 0 Å². The topological polar surface area (TPSA) is 44.1 Å². The largest absolute Gasteiger partial charge is 0.453 e. The van der Waals surface area contributed by atoms with Gasteiger partial charge < -0.3 is 4.74 Å². The van der Waals surface area contributed by atoms with Crippen LogP contribution in [-0.2, 0) is 6.54 Å². The van der Waals surface area contributed by atoms with Crippen molar-refractivity contribution in [3.63, 3.8) is 0 Å². The van der Waals surface area contributed by atoms with E-state index in [1.165, 1.54) is 0 Å². The molecule has 0 aliphatic carbocycles. The lowest BCUT2D eigenvalue weighted by Gasteiger charge is -2.05. The molecule has 0 atom stereocenters. The number of hydrogen-bond acceptors (Lipinski definition) is 3. The quantitative estimate of drug-likeness (QED) is 0.813. The molecule has 88 valence electrons. The summed E-state index contributed by atoms with van der Waals surface area (Å²) in [5, 5.41) is 4.11. The van der Waals surface area contributed by atoms with Crippen LogP contribution in [0, 0.1) is 0 Å². The minimum Gasteiger partial charge on any atom is -0.453 e. The molecule has 5 heteroatoms. The van der Waals surface area contributed by atoms with Crippen LogP contribution in [0.5, 0.6) is 11.5 Å². The minimum absolute atomic E-state index is 0.605. The molecule has 0 unspecified atom stereocenters. The summed E-state index contributed by atoms with van der Waals surface area (Å²) in [7, 11) is 0. The third-order valence-corrected chi connectivity index (χ3v) is 2.87. The van der Waals surface area contributed by atoms with Crippen LogP contribution in [-0.4, -0.2) is 16.1 Å². The van der Waals surface area contributed by atoms with Gasteiger partial charge in [-0.15, -0.1) is 0 Å². The third-order valence-electron chi connectivity index (χ3n) is 2.25. The lowest BCUT2D eigenvalue weighted by Crippen LogP contribution is -1.92. The standard InChI is InChI=1S/C12H11BrN2O2/c1-2-15-7-10(6-14-15)17-12-4-3-9(8-16)5-11(12)13/h3-8H,2H2,1H3. The molecule has 0 saturated carbocycles. The first kappa shape index (κ1) is 11.9. The van der Waals surface area contributed by atoms with Gasteiger partial charge in [0.1, 0.15) is 12.0 Å². The maximum Gasteiger partial charge on any atom is 0.165 e. The van der Waals surface area contributed by atoms with Crippen molar-refractivity contribution in [1.82, 2.24) is 9.78 Å². The fraction of sp³-hybridized carbons (Fsp3) is 0.167. The maximum atomic E-state index is 10.6. The number of benzene rings is 1. The highest BCUT2D eigenvalue weighted by atomic mass is 79.9. The molecule has 1 aromatic carbocycles. The minimum atomic E-state index is 0.605. The van der Waals surface area contributed by atoms with Gasteiger partial charge in [-0.2, -0.15) is 5.10 Å². The molecule has 2 rings (SSSR count). The van der Waals surface area contributed by atoms with Crippen LogP contribution in [0.1, 0.15) is 17.3 Å². The summed E-state index contributed by atoms with van der Waals surface area (Å²) in [4.78, 5) is 10.6. The number of ether oxygens (including phenoxy) is 1. The fourth-order valence-corrected chi connectivity index (χ4v) is 1.85. The van der Waals surface area contributed by atoms with Gasteiger partial charge in [0, 0.05) is 12.1 Å². The van der Waals surface area contributed by atoms with Crippen LogP contribution in [0.15, 0.2) is 35.1 Å². The SMILES string of the molecule is CCn1cc(Oc2ccc(C=O)cc2Br)cn1. The van der Waals surface area contributed by atoms with Gasteiger partial charge in [-0.25, -0.2) is 0 Å². The number of carbonyl (C=O) groups is 1. The summed E-state index contributed by atoms with van der Waals surface area (Å²) < 4.78 is 8.17. The Bertz CT molecular complexity index is 537. The summed E-state index contributed by atoms with van der Waals surface area (Å²) in [6.45, 7) is 2.81. The molecule has 0 bridgehead atoms. The van der Waals surface area contributed by atoms with E-state index in [9.17, 15) is 4.79 Å². The predicted octanol–water partition coefficient (Wildman–Crippen LogP) is 3.27. The highest BCUT2D eigenvalue weighted by Gasteiger charge is 2.05. The Morgan fingerprint density at radius 3 is 2.94 bits per heavy atom. The van der Waals surface area contributed by atoms with E-state index in [2.05, 4.69) is 21.0 Å². The maximum absolute atomic E-state index is 10.6. The Hall–Kier alpha value is -1.62. The molecule has 0 radical (unpaired) electrons. The molecule has 0 N–H and O–H groups in total. The van der Waals surface area contributed by atoms with Crippen molar-refractivity contribution in [1.29, 1.82) is 0 Å². The molecule has 0 aliphatic heterocycles. The molecule has 1 aromatic heterocycles. The first-order valence-electron chi connectivity index (χ1n) is 5.18. The van der Waals surface area contributed by atoms with Crippen LogP contribution in [0.25, 0.3) is 0 Å². The van der Waals surface area contributed by atoms with Crippen molar-refractivity contribution in [2.75, 3.05) is 0 Å². The Morgan fingerprint density at radius 2 is 2.35 bits per heavy atom. The average Bonchev–Trinajstić information content (AvgIpc) is 2.79. The second kappa shape index (κ2) is 5.14. The number of aryl methyl sites for hydroxylation is 1. The molecule has 0 saturated heterocycles. The van der Waals surface area contributed by atoms with Gasteiger partial charge in [-0.3, -0.25) is 9.48 Å². The highest BCUT2D eigenvalue weighted by molar-refractivity contribution is 9.10. The molecule has 2 aromatic rings. The van der Waals surface area contributed by atoms with Crippen molar-refractivity contribution in [2.45, 2.75) is 13.5 Å². The van der Waals surface area contributed by atoms with E-state index >= 15 is 0 Å². The Morgan fingerprint density at radius 1 is 1.53 bits per heavy atom. The van der Waals surface area contributed by atoms with Gasteiger partial charge in [0.15, 0.2) is 5.75 Å². The molecule has 0 fully saturated rings. The number of aromatic nitrogens is 2. The number of carbonyl (C=O) groups excluding carboxylic acids is 1. The van der Waals surface area contributed by atoms with Crippen molar-refractivity contribution >= 4 is 22.2 Å². The average molecular weight is 295 g/mol. The van der Waals surface area contributed by atoms with E-state index in [1.807, 2.05) is 13.1 Å². The number of halogens is 1. The van der Waals surface area contributed by atoms with Crippen molar-refractivity contribution in [2.24, 2.45) is 0 Å². The Balaban J connectivity index is 2.20. The second-order valence-corrected chi connectivity index (χ2v) is 4.30. The van der Waals surface area contributed by atoms with Gasteiger partial charge in [0.05, 0.1) is 16.9 Å². The van der Waals surface area contributed by atoms with E-state index in [0.717, 1.165) is 17.3 Å². The lowest BCUT2D eigenvalue weighted by molar-refractivity contribution is 0.112. The molecule has 0 spiro atoms. The molecule has 0 aliphatic rings. The zero-order valence-corrected chi connectivity index (χ0v) is 10.8. The van der Waals surface area contributed by atoms with E-state index in [0.29, 0.717) is 17.1 Å². The molecule has 17 heavy (non-hydrogen) atoms. The lowest BCUT2D eigenvalue weighted by atomic mass is 10.2. The number of aldehydes is 1. The van der Waals surface area contributed by atoms with E-state index in [4.69, 9.17) is 4.74 Å². The fourth-order valence-electron chi connectivity index (χ4n) is 1.37. The summed E-state index contributed by atoms with van der Waals surface area (Å²) >= 11 is 3.36. The number of hydrogen-bond donors (Lipinski definition) is 0. The van der Waals surface area contributed by atoms with Crippen LogP contribution in [0.2, 0.25) is 0 Å².